The Labute approximate surface area is 142 Å². The second-order valence-electron chi connectivity index (χ2n) is 5.77. The first-order valence-corrected chi connectivity index (χ1v) is 8.33. The lowest BCUT2D eigenvalue weighted by Gasteiger charge is -2.07. The van der Waals surface area contributed by atoms with Gasteiger partial charge >= 0.3 is 0 Å². The Morgan fingerprint density at radius 2 is 1.42 bits per heavy atom. The highest BCUT2D eigenvalue weighted by atomic mass is 16.3. The number of amides is 1. The molecule has 4 heteroatoms. The standard InChI is InChI=1S/C20H23NO3/c22-18(16-10-4-3-5-11-16)13-6-1-2-7-15-20(24)21-17-12-8-9-14-19(17)23/h3-5,8-12,14,23H,1-2,6-7,13,15H2,(H,21,24). The van der Waals surface area contributed by atoms with E-state index in [9.17, 15) is 14.7 Å². The summed E-state index contributed by atoms with van der Waals surface area (Å²) >= 11 is 0. The van der Waals surface area contributed by atoms with E-state index in [2.05, 4.69) is 5.32 Å². The third-order valence-corrected chi connectivity index (χ3v) is 3.83. The molecule has 0 bridgehead atoms. The van der Waals surface area contributed by atoms with Crippen molar-refractivity contribution in [1.82, 2.24) is 0 Å². The molecule has 0 heterocycles. The van der Waals surface area contributed by atoms with Crippen LogP contribution in [0.4, 0.5) is 5.69 Å². The Morgan fingerprint density at radius 1 is 0.792 bits per heavy atom. The van der Waals surface area contributed by atoms with Crippen LogP contribution in [-0.4, -0.2) is 16.8 Å². The van der Waals surface area contributed by atoms with Crippen LogP contribution < -0.4 is 5.32 Å². The van der Waals surface area contributed by atoms with Crippen molar-refractivity contribution in [3.63, 3.8) is 0 Å². The SMILES string of the molecule is O=C(CCCCCCC(=O)c1ccccc1)Nc1ccccc1O. The number of aromatic hydroxyl groups is 1. The molecule has 0 aliphatic rings. The molecule has 0 aliphatic carbocycles. The van der Waals surface area contributed by atoms with E-state index in [-0.39, 0.29) is 17.4 Å². The average Bonchev–Trinajstić information content (AvgIpc) is 2.60. The van der Waals surface area contributed by atoms with Crippen LogP contribution in [0.5, 0.6) is 5.75 Å². The van der Waals surface area contributed by atoms with Crippen LogP contribution in [0.15, 0.2) is 54.6 Å². The van der Waals surface area contributed by atoms with Gasteiger partial charge in [-0.2, -0.15) is 0 Å². The number of carbonyl (C=O) groups is 2. The highest BCUT2D eigenvalue weighted by Gasteiger charge is 2.06. The summed E-state index contributed by atoms with van der Waals surface area (Å²) in [6, 6.07) is 16.0. The van der Waals surface area contributed by atoms with Crippen molar-refractivity contribution >= 4 is 17.4 Å². The number of unbranched alkanes of at least 4 members (excludes halogenated alkanes) is 3. The fourth-order valence-electron chi connectivity index (χ4n) is 2.49. The normalized spacial score (nSPS) is 10.3. The molecular weight excluding hydrogens is 302 g/mol. The maximum Gasteiger partial charge on any atom is 0.224 e. The number of anilines is 1. The summed E-state index contributed by atoms with van der Waals surface area (Å²) in [7, 11) is 0. The van der Waals surface area contributed by atoms with E-state index in [1.165, 1.54) is 0 Å². The Bertz CT molecular complexity index is 668. The van der Waals surface area contributed by atoms with Crippen LogP contribution in [0.2, 0.25) is 0 Å². The number of ketones is 1. The van der Waals surface area contributed by atoms with E-state index in [4.69, 9.17) is 0 Å². The van der Waals surface area contributed by atoms with E-state index in [0.717, 1.165) is 31.2 Å². The molecule has 2 aromatic rings. The van der Waals surface area contributed by atoms with Gasteiger partial charge < -0.3 is 10.4 Å². The summed E-state index contributed by atoms with van der Waals surface area (Å²) in [5.41, 5.74) is 1.20. The fraction of sp³-hybridized carbons (Fsp3) is 0.300. The Hall–Kier alpha value is -2.62. The van der Waals surface area contributed by atoms with Gasteiger partial charge in [-0.3, -0.25) is 9.59 Å². The molecule has 4 nitrogen and oxygen atoms in total. The molecule has 0 fully saturated rings. The molecule has 1 amide bonds. The van der Waals surface area contributed by atoms with Crippen molar-refractivity contribution in [3.05, 3.63) is 60.2 Å². The van der Waals surface area contributed by atoms with Gasteiger partial charge in [0.1, 0.15) is 5.75 Å². The van der Waals surface area contributed by atoms with Crippen LogP contribution >= 0.6 is 0 Å². The summed E-state index contributed by atoms with van der Waals surface area (Å²) < 4.78 is 0. The quantitative estimate of drug-likeness (QED) is 0.404. The van der Waals surface area contributed by atoms with Gasteiger partial charge in [0, 0.05) is 18.4 Å². The van der Waals surface area contributed by atoms with Gasteiger partial charge in [0.15, 0.2) is 5.78 Å². The molecule has 0 unspecified atom stereocenters. The van der Waals surface area contributed by atoms with Crippen molar-refractivity contribution < 1.29 is 14.7 Å². The van der Waals surface area contributed by atoms with Gasteiger partial charge in [-0.1, -0.05) is 55.3 Å². The molecule has 126 valence electrons. The van der Waals surface area contributed by atoms with Crippen LogP contribution in [0.3, 0.4) is 0 Å². The number of phenols is 1. The van der Waals surface area contributed by atoms with Gasteiger partial charge in [-0.25, -0.2) is 0 Å². The van der Waals surface area contributed by atoms with Crippen LogP contribution in [-0.2, 0) is 4.79 Å². The second-order valence-corrected chi connectivity index (χ2v) is 5.77. The largest absolute Gasteiger partial charge is 0.506 e. The van der Waals surface area contributed by atoms with E-state index in [0.29, 0.717) is 18.5 Å². The molecule has 0 radical (unpaired) electrons. The van der Waals surface area contributed by atoms with Crippen molar-refractivity contribution in [1.29, 1.82) is 0 Å². The Morgan fingerprint density at radius 3 is 2.12 bits per heavy atom. The Kier molecular flexibility index (Phi) is 7.02. The lowest BCUT2D eigenvalue weighted by atomic mass is 10.0. The average molecular weight is 325 g/mol. The van der Waals surface area contributed by atoms with Crippen molar-refractivity contribution in [2.24, 2.45) is 0 Å². The van der Waals surface area contributed by atoms with Gasteiger partial charge in [-0.05, 0) is 25.0 Å². The van der Waals surface area contributed by atoms with Gasteiger partial charge in [-0.15, -0.1) is 0 Å². The summed E-state index contributed by atoms with van der Waals surface area (Å²) in [5, 5.41) is 12.3. The molecule has 2 aromatic carbocycles. The first-order chi connectivity index (χ1) is 11.7. The van der Waals surface area contributed by atoms with Crippen LogP contribution in [0.1, 0.15) is 48.9 Å². The maximum atomic E-state index is 11.9. The first-order valence-electron chi connectivity index (χ1n) is 8.33. The molecule has 0 aromatic heterocycles. The molecular formula is C20H23NO3. The molecule has 0 saturated carbocycles. The first kappa shape index (κ1) is 17.7. The van der Waals surface area contributed by atoms with Crippen molar-refractivity contribution in [2.75, 3.05) is 5.32 Å². The van der Waals surface area contributed by atoms with Crippen molar-refractivity contribution in [2.45, 2.75) is 38.5 Å². The summed E-state index contributed by atoms with van der Waals surface area (Å²) in [4.78, 5) is 23.7. The van der Waals surface area contributed by atoms with Crippen LogP contribution in [0.25, 0.3) is 0 Å². The lowest BCUT2D eigenvalue weighted by molar-refractivity contribution is -0.116. The highest BCUT2D eigenvalue weighted by molar-refractivity contribution is 5.96. The predicted octanol–water partition coefficient (Wildman–Crippen LogP) is 4.55. The molecule has 2 N–H and O–H groups in total. The topological polar surface area (TPSA) is 66.4 Å². The smallest absolute Gasteiger partial charge is 0.224 e. The molecule has 24 heavy (non-hydrogen) atoms. The molecule has 2 rings (SSSR count). The number of benzene rings is 2. The minimum Gasteiger partial charge on any atom is -0.506 e. The number of rotatable bonds is 9. The zero-order valence-electron chi connectivity index (χ0n) is 13.7. The monoisotopic (exact) mass is 325 g/mol. The lowest BCUT2D eigenvalue weighted by Crippen LogP contribution is -2.11. The maximum absolute atomic E-state index is 11.9. The van der Waals surface area contributed by atoms with Gasteiger partial charge in [0.2, 0.25) is 5.91 Å². The third kappa shape index (κ3) is 5.88. The van der Waals surface area contributed by atoms with E-state index < -0.39 is 0 Å². The van der Waals surface area contributed by atoms with Gasteiger partial charge in [0.05, 0.1) is 5.69 Å². The number of hydrogen-bond donors (Lipinski definition) is 2. The number of para-hydroxylation sites is 2. The molecule has 0 atom stereocenters. The zero-order chi connectivity index (χ0) is 17.2. The number of phenolic OH excluding ortho intramolecular Hbond substituents is 1. The molecule has 0 aliphatic heterocycles. The summed E-state index contributed by atoms with van der Waals surface area (Å²) in [6.07, 6.45) is 4.43. The number of hydrogen-bond acceptors (Lipinski definition) is 3. The van der Waals surface area contributed by atoms with Crippen LogP contribution in [0, 0.1) is 0 Å². The Balaban J connectivity index is 1.57. The number of Topliss-reactive ketones (excluding diaryl/α,β-unsaturated/α-hetero) is 1. The number of carbonyl (C=O) groups excluding carboxylic acids is 2. The second kappa shape index (κ2) is 9.50. The molecule has 0 spiro atoms. The number of nitrogens with one attached hydrogen (secondary N) is 1. The predicted molar refractivity (Wildman–Crippen MR) is 95.2 cm³/mol. The van der Waals surface area contributed by atoms with Gasteiger partial charge in [0.25, 0.3) is 0 Å². The van der Waals surface area contributed by atoms with E-state index in [1.54, 1.807) is 24.3 Å². The van der Waals surface area contributed by atoms with E-state index in [1.807, 2.05) is 30.3 Å². The molecule has 0 saturated heterocycles. The fourth-order valence-corrected chi connectivity index (χ4v) is 2.49. The third-order valence-electron chi connectivity index (χ3n) is 3.83. The minimum absolute atomic E-state index is 0.0743. The van der Waals surface area contributed by atoms with Crippen molar-refractivity contribution in [3.8, 4) is 5.75 Å². The summed E-state index contributed by atoms with van der Waals surface area (Å²) in [6.45, 7) is 0. The highest BCUT2D eigenvalue weighted by Crippen LogP contribution is 2.21. The van der Waals surface area contributed by atoms with E-state index >= 15 is 0 Å². The zero-order valence-corrected chi connectivity index (χ0v) is 13.7. The summed E-state index contributed by atoms with van der Waals surface area (Å²) in [5.74, 6) is 0.148. The minimum atomic E-state index is -0.100.